The Morgan fingerprint density at radius 3 is 2.86 bits per heavy atom. The summed E-state index contributed by atoms with van der Waals surface area (Å²) in [7, 11) is 0. The van der Waals surface area contributed by atoms with Crippen molar-refractivity contribution in [3.8, 4) is 0 Å². The van der Waals surface area contributed by atoms with E-state index in [1.807, 2.05) is 13.0 Å². The van der Waals surface area contributed by atoms with E-state index in [9.17, 15) is 9.18 Å². The van der Waals surface area contributed by atoms with Crippen LogP contribution in [0.5, 0.6) is 0 Å². The van der Waals surface area contributed by atoms with E-state index in [1.165, 1.54) is 6.07 Å². The van der Waals surface area contributed by atoms with Gasteiger partial charge in [0.2, 0.25) is 5.91 Å². The zero-order valence-electron chi connectivity index (χ0n) is 8.01. The molecule has 3 heteroatoms. The SMILES string of the molecule is Cc1cccc(F)c1C1CNC(=O)C1. The van der Waals surface area contributed by atoms with E-state index < -0.39 is 0 Å². The fourth-order valence-corrected chi connectivity index (χ4v) is 1.97. The van der Waals surface area contributed by atoms with Gasteiger partial charge in [0.25, 0.3) is 0 Å². The van der Waals surface area contributed by atoms with E-state index in [4.69, 9.17) is 0 Å². The summed E-state index contributed by atoms with van der Waals surface area (Å²) in [6, 6.07) is 5.02. The maximum absolute atomic E-state index is 13.5. The number of halogens is 1. The molecule has 1 aromatic rings. The lowest BCUT2D eigenvalue weighted by Crippen LogP contribution is -2.14. The van der Waals surface area contributed by atoms with Gasteiger partial charge in [0, 0.05) is 18.9 Å². The monoisotopic (exact) mass is 193 g/mol. The Kier molecular flexibility index (Phi) is 2.23. The summed E-state index contributed by atoms with van der Waals surface area (Å²) in [5, 5.41) is 2.72. The maximum atomic E-state index is 13.5. The van der Waals surface area contributed by atoms with Crippen molar-refractivity contribution in [2.75, 3.05) is 6.54 Å². The van der Waals surface area contributed by atoms with Crippen molar-refractivity contribution < 1.29 is 9.18 Å². The van der Waals surface area contributed by atoms with Crippen molar-refractivity contribution in [3.63, 3.8) is 0 Å². The van der Waals surface area contributed by atoms with Crippen molar-refractivity contribution in [1.82, 2.24) is 5.32 Å². The molecule has 1 N–H and O–H groups in total. The van der Waals surface area contributed by atoms with Crippen LogP contribution in [0, 0.1) is 12.7 Å². The van der Waals surface area contributed by atoms with Gasteiger partial charge in [0.1, 0.15) is 5.82 Å². The Bertz CT molecular complexity index is 355. The number of aryl methyl sites for hydroxylation is 1. The van der Waals surface area contributed by atoms with Gasteiger partial charge in [-0.05, 0) is 24.1 Å². The smallest absolute Gasteiger partial charge is 0.220 e. The molecule has 2 rings (SSSR count). The average molecular weight is 193 g/mol. The van der Waals surface area contributed by atoms with Crippen LogP contribution >= 0.6 is 0 Å². The van der Waals surface area contributed by atoms with Gasteiger partial charge in [-0.15, -0.1) is 0 Å². The summed E-state index contributed by atoms with van der Waals surface area (Å²) in [4.78, 5) is 11.0. The molecule has 2 nitrogen and oxygen atoms in total. The molecule has 1 heterocycles. The van der Waals surface area contributed by atoms with Crippen LogP contribution in [0.3, 0.4) is 0 Å². The Labute approximate surface area is 82.1 Å². The van der Waals surface area contributed by atoms with Gasteiger partial charge in [-0.25, -0.2) is 4.39 Å². The number of rotatable bonds is 1. The van der Waals surface area contributed by atoms with Gasteiger partial charge < -0.3 is 5.32 Å². The summed E-state index contributed by atoms with van der Waals surface area (Å²) in [5.41, 5.74) is 1.61. The zero-order valence-corrected chi connectivity index (χ0v) is 8.01. The molecule has 0 radical (unpaired) electrons. The second kappa shape index (κ2) is 3.40. The number of hydrogen-bond acceptors (Lipinski definition) is 1. The Morgan fingerprint density at radius 2 is 2.29 bits per heavy atom. The second-order valence-corrected chi connectivity index (χ2v) is 3.68. The maximum Gasteiger partial charge on any atom is 0.220 e. The molecular weight excluding hydrogens is 181 g/mol. The van der Waals surface area contributed by atoms with Crippen LogP contribution < -0.4 is 5.32 Å². The van der Waals surface area contributed by atoms with Gasteiger partial charge in [0.05, 0.1) is 0 Å². The van der Waals surface area contributed by atoms with Gasteiger partial charge >= 0.3 is 0 Å². The first kappa shape index (κ1) is 9.19. The molecular formula is C11H12FNO. The van der Waals surface area contributed by atoms with E-state index in [0.717, 1.165) is 5.56 Å². The highest BCUT2D eigenvalue weighted by Crippen LogP contribution is 2.27. The Hall–Kier alpha value is -1.38. The van der Waals surface area contributed by atoms with Crippen LogP contribution in [0.1, 0.15) is 23.5 Å². The highest BCUT2D eigenvalue weighted by molar-refractivity contribution is 5.79. The van der Waals surface area contributed by atoms with Crippen molar-refractivity contribution in [2.45, 2.75) is 19.3 Å². The molecule has 0 spiro atoms. The Balaban J connectivity index is 2.36. The van der Waals surface area contributed by atoms with Crippen molar-refractivity contribution in [1.29, 1.82) is 0 Å². The molecule has 1 atom stereocenters. The molecule has 1 aliphatic rings. The van der Waals surface area contributed by atoms with Crippen LogP contribution in [0.15, 0.2) is 18.2 Å². The van der Waals surface area contributed by atoms with Crippen LogP contribution in [0.2, 0.25) is 0 Å². The lowest BCUT2D eigenvalue weighted by Gasteiger charge is -2.11. The molecule has 0 aliphatic carbocycles. The number of hydrogen-bond donors (Lipinski definition) is 1. The molecule has 0 saturated carbocycles. The largest absolute Gasteiger partial charge is 0.355 e. The summed E-state index contributed by atoms with van der Waals surface area (Å²) in [5.74, 6) is -0.187. The molecule has 1 saturated heterocycles. The van der Waals surface area contributed by atoms with Crippen molar-refractivity contribution >= 4 is 5.91 Å². The minimum atomic E-state index is -0.202. The van der Waals surface area contributed by atoms with E-state index >= 15 is 0 Å². The highest BCUT2D eigenvalue weighted by atomic mass is 19.1. The molecule has 1 aromatic carbocycles. The van der Waals surface area contributed by atoms with Crippen LogP contribution in [-0.2, 0) is 4.79 Å². The van der Waals surface area contributed by atoms with Gasteiger partial charge in [-0.1, -0.05) is 12.1 Å². The fourth-order valence-electron chi connectivity index (χ4n) is 1.97. The number of benzene rings is 1. The third kappa shape index (κ3) is 1.50. The normalized spacial score (nSPS) is 21.0. The van der Waals surface area contributed by atoms with E-state index in [-0.39, 0.29) is 17.6 Å². The molecule has 14 heavy (non-hydrogen) atoms. The van der Waals surface area contributed by atoms with Gasteiger partial charge in [-0.3, -0.25) is 4.79 Å². The topological polar surface area (TPSA) is 29.1 Å². The summed E-state index contributed by atoms with van der Waals surface area (Å²) in [6.45, 7) is 2.43. The van der Waals surface area contributed by atoms with Crippen molar-refractivity contribution in [3.05, 3.63) is 35.1 Å². The predicted octanol–water partition coefficient (Wildman–Crippen LogP) is 1.74. The second-order valence-electron chi connectivity index (χ2n) is 3.68. The summed E-state index contributed by atoms with van der Waals surface area (Å²) >= 11 is 0. The van der Waals surface area contributed by atoms with Crippen LogP contribution in [-0.4, -0.2) is 12.5 Å². The molecule has 0 bridgehead atoms. The number of nitrogens with one attached hydrogen (secondary N) is 1. The van der Waals surface area contributed by atoms with Gasteiger partial charge in [-0.2, -0.15) is 0 Å². The molecule has 1 aliphatic heterocycles. The molecule has 0 aromatic heterocycles. The molecule has 1 unspecified atom stereocenters. The molecule has 1 fully saturated rings. The number of amides is 1. The third-order valence-corrected chi connectivity index (χ3v) is 2.66. The number of carbonyl (C=O) groups excluding carboxylic acids is 1. The first-order valence-corrected chi connectivity index (χ1v) is 4.70. The number of carbonyl (C=O) groups is 1. The highest BCUT2D eigenvalue weighted by Gasteiger charge is 2.26. The summed E-state index contributed by atoms with van der Waals surface area (Å²) in [6.07, 6.45) is 0.405. The van der Waals surface area contributed by atoms with Crippen LogP contribution in [0.25, 0.3) is 0 Å². The minimum absolute atomic E-state index is 0.00343. The minimum Gasteiger partial charge on any atom is -0.355 e. The van der Waals surface area contributed by atoms with Crippen LogP contribution in [0.4, 0.5) is 4.39 Å². The van der Waals surface area contributed by atoms with E-state index in [0.29, 0.717) is 18.5 Å². The van der Waals surface area contributed by atoms with Crippen molar-refractivity contribution in [2.24, 2.45) is 0 Å². The average Bonchev–Trinajstić information content (AvgIpc) is 2.51. The Morgan fingerprint density at radius 1 is 1.50 bits per heavy atom. The van der Waals surface area contributed by atoms with Gasteiger partial charge in [0.15, 0.2) is 0 Å². The predicted molar refractivity (Wildman–Crippen MR) is 51.5 cm³/mol. The third-order valence-electron chi connectivity index (χ3n) is 2.66. The standard InChI is InChI=1S/C11H12FNO/c1-7-3-2-4-9(12)11(7)8-5-10(14)13-6-8/h2-4,8H,5-6H2,1H3,(H,13,14). The summed E-state index contributed by atoms with van der Waals surface area (Å²) < 4.78 is 13.5. The molecule has 1 amide bonds. The first-order valence-electron chi connectivity index (χ1n) is 4.70. The van der Waals surface area contributed by atoms with E-state index in [2.05, 4.69) is 5.32 Å². The lowest BCUT2D eigenvalue weighted by atomic mass is 9.93. The quantitative estimate of drug-likeness (QED) is 0.723. The van der Waals surface area contributed by atoms with E-state index in [1.54, 1.807) is 6.07 Å². The molecule has 74 valence electrons. The zero-order chi connectivity index (χ0) is 10.1. The lowest BCUT2D eigenvalue weighted by molar-refractivity contribution is -0.119. The fraction of sp³-hybridized carbons (Fsp3) is 0.364. The first-order chi connectivity index (χ1) is 6.68.